The average molecular weight is 298 g/mol. The summed E-state index contributed by atoms with van der Waals surface area (Å²) in [6.45, 7) is 2.35. The van der Waals surface area contributed by atoms with E-state index in [-0.39, 0.29) is 12.6 Å². The zero-order valence-corrected chi connectivity index (χ0v) is 12.8. The quantitative estimate of drug-likeness (QED) is 0.941. The first-order valence-electron chi connectivity index (χ1n) is 7.15. The fraction of sp³-hybridized carbons (Fsp3) is 0.294. The number of hydrogen-bond acceptors (Lipinski definition) is 4. The van der Waals surface area contributed by atoms with E-state index in [1.807, 2.05) is 30.5 Å². The number of nitrogens with zero attached hydrogens (tertiary/aromatic N) is 2. The maximum atomic E-state index is 9.07. The summed E-state index contributed by atoms with van der Waals surface area (Å²) in [4.78, 5) is 9.26. The maximum Gasteiger partial charge on any atom is 0.0999 e. The van der Waals surface area contributed by atoms with Crippen molar-refractivity contribution in [1.82, 2.24) is 4.98 Å². The van der Waals surface area contributed by atoms with E-state index in [1.165, 1.54) is 0 Å². The van der Waals surface area contributed by atoms with E-state index in [9.17, 15) is 0 Å². The first kappa shape index (κ1) is 14.3. The standard InChI is InChI=1S/C17H18N2OS/c1-12-15(9-10-20)19-17(21-12)14-7-8-16(18-11-14)13-5-3-2-4-6-13/h2-8,11-12,15,20H,9-10H2,1H3. The van der Waals surface area contributed by atoms with Gasteiger partial charge in [0, 0.05) is 29.2 Å². The van der Waals surface area contributed by atoms with Gasteiger partial charge in [-0.25, -0.2) is 0 Å². The Bertz CT molecular complexity index is 625. The third kappa shape index (κ3) is 3.17. The molecule has 2 unspecified atom stereocenters. The Hall–Kier alpha value is -1.65. The van der Waals surface area contributed by atoms with Crippen LogP contribution in [0.4, 0.5) is 0 Å². The largest absolute Gasteiger partial charge is 0.396 e. The van der Waals surface area contributed by atoms with Gasteiger partial charge in [-0.3, -0.25) is 9.98 Å². The molecule has 0 amide bonds. The molecule has 0 fully saturated rings. The topological polar surface area (TPSA) is 45.5 Å². The van der Waals surface area contributed by atoms with E-state index in [0.717, 1.165) is 28.3 Å². The lowest BCUT2D eigenvalue weighted by molar-refractivity contribution is 0.276. The summed E-state index contributed by atoms with van der Waals surface area (Å²) in [5.74, 6) is 0. The molecule has 0 saturated carbocycles. The highest BCUT2D eigenvalue weighted by molar-refractivity contribution is 8.15. The smallest absolute Gasteiger partial charge is 0.0999 e. The molecule has 108 valence electrons. The minimum absolute atomic E-state index is 0.192. The molecule has 1 aliphatic rings. The fourth-order valence-corrected chi connectivity index (χ4v) is 3.57. The molecule has 3 rings (SSSR count). The number of thioether (sulfide) groups is 1. The maximum absolute atomic E-state index is 9.07. The average Bonchev–Trinajstić information content (AvgIpc) is 2.90. The lowest BCUT2D eigenvalue weighted by Gasteiger charge is -2.09. The molecule has 1 N–H and O–H groups in total. The Labute approximate surface area is 129 Å². The van der Waals surface area contributed by atoms with Gasteiger partial charge >= 0.3 is 0 Å². The summed E-state index contributed by atoms with van der Waals surface area (Å²) in [6.07, 6.45) is 2.62. The summed E-state index contributed by atoms with van der Waals surface area (Å²) in [5, 5.41) is 10.5. The number of aliphatic hydroxyl groups excluding tert-OH is 1. The Morgan fingerprint density at radius 1 is 1.10 bits per heavy atom. The first-order chi connectivity index (χ1) is 10.3. The monoisotopic (exact) mass is 298 g/mol. The third-order valence-electron chi connectivity index (χ3n) is 3.63. The molecule has 3 nitrogen and oxygen atoms in total. The molecule has 4 heteroatoms. The predicted octanol–water partition coefficient (Wildman–Crippen LogP) is 3.38. The zero-order valence-electron chi connectivity index (χ0n) is 11.9. The lowest BCUT2D eigenvalue weighted by atomic mass is 10.1. The first-order valence-corrected chi connectivity index (χ1v) is 8.03. The molecule has 1 aliphatic heterocycles. The number of rotatable bonds is 4. The van der Waals surface area contributed by atoms with E-state index >= 15 is 0 Å². The number of hydrogen-bond donors (Lipinski definition) is 1. The molecule has 0 spiro atoms. The Morgan fingerprint density at radius 3 is 2.57 bits per heavy atom. The highest BCUT2D eigenvalue weighted by atomic mass is 32.2. The summed E-state index contributed by atoms with van der Waals surface area (Å²) >= 11 is 1.77. The highest BCUT2D eigenvalue weighted by Gasteiger charge is 2.26. The molecule has 2 aromatic rings. The van der Waals surface area contributed by atoms with E-state index < -0.39 is 0 Å². The van der Waals surface area contributed by atoms with Gasteiger partial charge in [-0.05, 0) is 18.6 Å². The fourth-order valence-electron chi connectivity index (χ4n) is 2.41. The van der Waals surface area contributed by atoms with Crippen molar-refractivity contribution in [3.63, 3.8) is 0 Å². The second-order valence-corrected chi connectivity index (χ2v) is 6.50. The third-order valence-corrected chi connectivity index (χ3v) is 4.88. The van der Waals surface area contributed by atoms with Crippen molar-refractivity contribution < 1.29 is 5.11 Å². The highest BCUT2D eigenvalue weighted by Crippen LogP contribution is 2.31. The summed E-state index contributed by atoms with van der Waals surface area (Å²) < 4.78 is 0. The summed E-state index contributed by atoms with van der Waals surface area (Å²) in [6, 6.07) is 14.5. The Morgan fingerprint density at radius 2 is 1.90 bits per heavy atom. The number of pyridine rings is 1. The minimum atomic E-state index is 0.192. The van der Waals surface area contributed by atoms with Crippen molar-refractivity contribution in [1.29, 1.82) is 0 Å². The van der Waals surface area contributed by atoms with Gasteiger partial charge < -0.3 is 5.11 Å². The van der Waals surface area contributed by atoms with Crippen LogP contribution in [0.2, 0.25) is 0 Å². The van der Waals surface area contributed by atoms with Gasteiger partial charge in [-0.15, -0.1) is 11.8 Å². The van der Waals surface area contributed by atoms with Crippen molar-refractivity contribution in [2.45, 2.75) is 24.6 Å². The molecule has 0 saturated heterocycles. The van der Waals surface area contributed by atoms with Gasteiger partial charge in [-0.2, -0.15) is 0 Å². The molecule has 2 heterocycles. The van der Waals surface area contributed by atoms with Gasteiger partial charge in [0.25, 0.3) is 0 Å². The predicted molar refractivity (Wildman–Crippen MR) is 88.8 cm³/mol. The van der Waals surface area contributed by atoms with Crippen LogP contribution in [0.1, 0.15) is 18.9 Å². The van der Waals surface area contributed by atoms with E-state index in [4.69, 9.17) is 10.1 Å². The van der Waals surface area contributed by atoms with Crippen molar-refractivity contribution in [3.05, 3.63) is 54.2 Å². The summed E-state index contributed by atoms with van der Waals surface area (Å²) in [5.41, 5.74) is 3.16. The molecule has 1 aromatic heterocycles. The zero-order chi connectivity index (χ0) is 14.7. The van der Waals surface area contributed by atoms with Crippen molar-refractivity contribution in [2.24, 2.45) is 4.99 Å². The van der Waals surface area contributed by atoms with Crippen molar-refractivity contribution >= 4 is 16.8 Å². The number of aliphatic hydroxyl groups is 1. The SMILES string of the molecule is CC1SC(c2ccc(-c3ccccc3)nc2)=NC1CCO. The second-order valence-electron chi connectivity index (χ2n) is 5.13. The second kappa shape index (κ2) is 6.41. The van der Waals surface area contributed by atoms with E-state index in [0.29, 0.717) is 5.25 Å². The molecule has 0 radical (unpaired) electrons. The van der Waals surface area contributed by atoms with Crippen LogP contribution in [0.3, 0.4) is 0 Å². The van der Waals surface area contributed by atoms with E-state index in [2.05, 4.69) is 30.1 Å². The van der Waals surface area contributed by atoms with Gasteiger partial charge in [-0.1, -0.05) is 37.3 Å². The molecule has 21 heavy (non-hydrogen) atoms. The molecular weight excluding hydrogens is 280 g/mol. The van der Waals surface area contributed by atoms with Gasteiger partial charge in [0.15, 0.2) is 0 Å². The van der Waals surface area contributed by atoms with Crippen LogP contribution in [0, 0.1) is 0 Å². The van der Waals surface area contributed by atoms with Crippen LogP contribution >= 0.6 is 11.8 Å². The molecule has 0 aliphatic carbocycles. The normalized spacial score (nSPS) is 21.3. The molecular formula is C17H18N2OS. The van der Waals surface area contributed by atoms with Crippen LogP contribution < -0.4 is 0 Å². The van der Waals surface area contributed by atoms with Crippen LogP contribution in [-0.2, 0) is 0 Å². The van der Waals surface area contributed by atoms with Gasteiger partial charge in [0.2, 0.25) is 0 Å². The number of aliphatic imine (C=N–C) groups is 1. The summed E-state index contributed by atoms with van der Waals surface area (Å²) in [7, 11) is 0. The van der Waals surface area contributed by atoms with Crippen LogP contribution in [-0.4, -0.2) is 33.0 Å². The van der Waals surface area contributed by atoms with E-state index in [1.54, 1.807) is 11.8 Å². The number of aromatic nitrogens is 1. The minimum Gasteiger partial charge on any atom is -0.396 e. The molecule has 0 bridgehead atoms. The number of benzene rings is 1. The van der Waals surface area contributed by atoms with Crippen LogP contribution in [0.5, 0.6) is 0 Å². The van der Waals surface area contributed by atoms with Crippen molar-refractivity contribution in [2.75, 3.05) is 6.61 Å². The lowest BCUT2D eigenvalue weighted by Crippen LogP contribution is -2.14. The Balaban J connectivity index is 1.80. The van der Waals surface area contributed by atoms with Crippen LogP contribution in [0.15, 0.2) is 53.7 Å². The van der Waals surface area contributed by atoms with Crippen molar-refractivity contribution in [3.8, 4) is 11.3 Å². The van der Waals surface area contributed by atoms with Gasteiger partial charge in [0.1, 0.15) is 0 Å². The molecule has 2 atom stereocenters. The molecule has 1 aromatic carbocycles. The van der Waals surface area contributed by atoms with Crippen LogP contribution in [0.25, 0.3) is 11.3 Å². The van der Waals surface area contributed by atoms with Gasteiger partial charge in [0.05, 0.1) is 16.8 Å². The Kier molecular flexibility index (Phi) is 4.36.